The maximum atomic E-state index is 10.5. The fourth-order valence-electron chi connectivity index (χ4n) is 4.31. The van der Waals surface area contributed by atoms with Gasteiger partial charge in [0.2, 0.25) is 0 Å². The van der Waals surface area contributed by atoms with Crippen molar-refractivity contribution in [3.05, 3.63) is 0 Å². The Hall–Kier alpha value is -3.71. The van der Waals surface area contributed by atoms with Crippen LogP contribution in [0.2, 0.25) is 0 Å². The maximum absolute atomic E-state index is 10.5. The number of carbonyl (C=O) groups is 7. The second-order valence-corrected chi connectivity index (χ2v) is 16.5. The Bertz CT molecular complexity index is 1360. The fourth-order valence-corrected chi connectivity index (χ4v) is 4.31. The number of aliphatic hydroxyl groups is 35. The summed E-state index contributed by atoms with van der Waals surface area (Å²) >= 11 is 0. The number of hydrogen-bond donors (Lipinski definition) is 35. The van der Waals surface area contributed by atoms with Crippen LogP contribution in [0.15, 0.2) is 0 Å². The Morgan fingerprint density at radius 1 is 0.214 bits per heavy atom. The SMILES string of the molecule is O=C(CO)C(O)C(O)C(O)CO.O=CC(O)C(O)C(O)C(O)CO.O=CC(O)C(O)C(O)C(O)CO.O=CC(O)C(O)C(O)C(O)CO.O=CC(O)C(O)C(O)C(O)CO.O=CC(O)C(O)C(O)C(O)CO.O=CC(O)C(O)C(O)C(O)CO. The van der Waals surface area contributed by atoms with Crippen LogP contribution in [0.1, 0.15) is 0 Å². The van der Waals surface area contributed by atoms with Crippen LogP contribution in [0.4, 0.5) is 0 Å². The molecule has 84 heavy (non-hydrogen) atoms. The first-order valence-corrected chi connectivity index (χ1v) is 23.3. The Morgan fingerprint density at radius 2 is 0.333 bits per heavy atom. The third-order valence-electron chi connectivity index (χ3n) is 9.91. The molecule has 0 saturated carbocycles. The van der Waals surface area contributed by atoms with Gasteiger partial charge in [-0.25, -0.2) is 0 Å². The van der Waals surface area contributed by atoms with E-state index in [1.54, 1.807) is 0 Å². The first kappa shape index (κ1) is 94.0. The molecular weight excluding hydrogens is 1180 g/mol. The molecule has 0 amide bonds. The predicted octanol–water partition coefficient (Wildman–Crippen LogP) is -23.7. The van der Waals surface area contributed by atoms with Crippen molar-refractivity contribution in [2.75, 3.05) is 52.9 Å². The number of hydrogen-bond acceptors (Lipinski definition) is 42. The van der Waals surface area contributed by atoms with E-state index in [0.717, 1.165) is 0 Å². The summed E-state index contributed by atoms with van der Waals surface area (Å²) in [5.41, 5.74) is 0. The molecular formula is C42H84O42. The van der Waals surface area contributed by atoms with Crippen LogP contribution >= 0.6 is 0 Å². The van der Waals surface area contributed by atoms with Crippen LogP contribution in [-0.4, -0.2) is 440 Å². The van der Waals surface area contributed by atoms with E-state index in [-0.39, 0.29) is 37.7 Å². The minimum Gasteiger partial charge on any atom is -0.394 e. The van der Waals surface area contributed by atoms with Crippen molar-refractivity contribution in [1.29, 1.82) is 0 Å². The standard InChI is InChI=1S/7C6H12O6/c7*7-1-3(9)5(11)6(12)4(10)2-8/h3,5-9,11-12H,1-2H2;6*1,3-6,8-12H,2H2. The zero-order valence-electron chi connectivity index (χ0n) is 43.7. The minimum atomic E-state index is -1.86. The fraction of sp³-hybridized carbons (Fsp3) is 0.833. The summed E-state index contributed by atoms with van der Waals surface area (Å²) < 4.78 is 0. The third-order valence-corrected chi connectivity index (χ3v) is 9.91. The molecule has 35 N–H and O–H groups in total. The lowest BCUT2D eigenvalue weighted by molar-refractivity contribution is -0.142. The molecule has 0 heterocycles. The summed E-state index contributed by atoms with van der Waals surface area (Å²) in [5.74, 6) is -1.00. The van der Waals surface area contributed by atoms with Gasteiger partial charge in [0.25, 0.3) is 0 Å². The minimum absolute atomic E-state index is 0.0258. The molecule has 42 nitrogen and oxygen atoms in total. The molecule has 0 rings (SSSR count). The van der Waals surface area contributed by atoms with Gasteiger partial charge in [0.1, 0.15) is 171 Å². The van der Waals surface area contributed by atoms with Gasteiger partial charge in [-0.15, -0.1) is 0 Å². The number of rotatable bonds is 35. The van der Waals surface area contributed by atoms with Gasteiger partial charge in [0, 0.05) is 0 Å². The molecule has 0 aliphatic carbocycles. The smallest absolute Gasteiger partial charge is 0.189 e. The summed E-state index contributed by atoms with van der Waals surface area (Å²) in [7, 11) is 0. The largest absolute Gasteiger partial charge is 0.394 e. The maximum Gasteiger partial charge on any atom is 0.189 e. The van der Waals surface area contributed by atoms with Crippen LogP contribution in [0.25, 0.3) is 0 Å². The molecule has 0 spiro atoms. The van der Waals surface area contributed by atoms with Crippen molar-refractivity contribution in [2.45, 2.75) is 165 Å². The Morgan fingerprint density at radius 3 is 0.429 bits per heavy atom. The number of ketones is 1. The van der Waals surface area contributed by atoms with Crippen LogP contribution in [0, 0.1) is 0 Å². The highest BCUT2D eigenvalue weighted by molar-refractivity contribution is 5.84. The normalized spacial score (nSPS) is 20.7. The highest BCUT2D eigenvalue weighted by atomic mass is 16.4. The summed E-state index contributed by atoms with van der Waals surface area (Å²) in [4.78, 5) is 69.9. The number of aliphatic hydroxyl groups excluding tert-OH is 35. The highest BCUT2D eigenvalue weighted by Crippen LogP contribution is 2.08. The van der Waals surface area contributed by atoms with Crippen molar-refractivity contribution in [1.82, 2.24) is 0 Å². The molecule has 0 aromatic rings. The Labute approximate surface area is 473 Å². The molecule has 27 unspecified atom stereocenters. The Balaban J connectivity index is -0.000000165. The molecule has 42 heteroatoms. The third kappa shape index (κ3) is 39.9. The van der Waals surface area contributed by atoms with Crippen molar-refractivity contribution in [3.8, 4) is 0 Å². The quantitative estimate of drug-likeness (QED) is 0.0262. The molecule has 0 saturated heterocycles. The lowest BCUT2D eigenvalue weighted by Crippen LogP contribution is -2.46. The Kier molecular flexibility index (Phi) is 61.2. The summed E-state index contributed by atoms with van der Waals surface area (Å²) in [5, 5.41) is 304. The van der Waals surface area contributed by atoms with Crippen LogP contribution < -0.4 is 0 Å². The van der Waals surface area contributed by atoms with Crippen molar-refractivity contribution < 1.29 is 212 Å². The van der Waals surface area contributed by atoms with Crippen LogP contribution in [0.5, 0.6) is 0 Å². The van der Waals surface area contributed by atoms with Crippen molar-refractivity contribution in [2.24, 2.45) is 0 Å². The van der Waals surface area contributed by atoms with Gasteiger partial charge in [0.05, 0.1) is 46.2 Å². The molecule has 0 radical (unpaired) electrons. The van der Waals surface area contributed by atoms with Gasteiger partial charge in [-0.2, -0.15) is 0 Å². The van der Waals surface area contributed by atoms with Gasteiger partial charge in [0.15, 0.2) is 43.5 Å². The number of carbonyl (C=O) groups excluding carboxylic acids is 7. The topological polar surface area (TPSA) is 828 Å². The van der Waals surface area contributed by atoms with Gasteiger partial charge in [-0.1, -0.05) is 0 Å². The van der Waals surface area contributed by atoms with Crippen molar-refractivity contribution >= 4 is 43.5 Å². The van der Waals surface area contributed by atoms with Crippen molar-refractivity contribution in [3.63, 3.8) is 0 Å². The average molecular weight is 1260 g/mol. The van der Waals surface area contributed by atoms with Gasteiger partial charge < -0.3 is 207 Å². The van der Waals surface area contributed by atoms with Crippen LogP contribution in [-0.2, 0) is 33.6 Å². The lowest BCUT2D eigenvalue weighted by atomic mass is 10.0. The second-order valence-electron chi connectivity index (χ2n) is 16.5. The van der Waals surface area contributed by atoms with Gasteiger partial charge >= 0.3 is 0 Å². The zero-order chi connectivity index (χ0) is 68.1. The average Bonchev–Trinajstić information content (AvgIpc) is 3.53. The van der Waals surface area contributed by atoms with Gasteiger partial charge in [-0.3, -0.25) is 4.79 Å². The molecule has 0 fully saturated rings. The first-order valence-electron chi connectivity index (χ1n) is 23.3. The molecule has 0 bridgehead atoms. The summed E-state index contributed by atoms with van der Waals surface area (Å²) in [6, 6.07) is 0. The molecule has 27 atom stereocenters. The van der Waals surface area contributed by atoms with E-state index in [0.29, 0.717) is 0 Å². The molecule has 504 valence electrons. The van der Waals surface area contributed by atoms with E-state index < -0.39 is 223 Å². The molecule has 0 aliphatic rings. The second kappa shape index (κ2) is 54.7. The number of aldehydes is 6. The zero-order valence-corrected chi connectivity index (χ0v) is 43.7. The number of Topliss-reactive ketones (excluding diaryl/α,β-unsaturated/α-hetero) is 1. The monoisotopic (exact) mass is 1260 g/mol. The first-order chi connectivity index (χ1) is 38.8. The molecule has 0 aliphatic heterocycles. The van der Waals surface area contributed by atoms with E-state index in [4.69, 9.17) is 179 Å². The predicted molar refractivity (Wildman–Crippen MR) is 260 cm³/mol. The van der Waals surface area contributed by atoms with E-state index >= 15 is 0 Å². The summed E-state index contributed by atoms with van der Waals surface area (Å²) in [6.45, 7) is -6.25. The van der Waals surface area contributed by atoms with Gasteiger partial charge in [-0.05, 0) is 0 Å². The lowest BCUT2D eigenvalue weighted by Gasteiger charge is -2.22. The molecule has 0 aromatic heterocycles. The van der Waals surface area contributed by atoms with E-state index in [2.05, 4.69) is 0 Å². The molecule has 0 aromatic carbocycles. The highest BCUT2D eigenvalue weighted by Gasteiger charge is 2.34. The van der Waals surface area contributed by atoms with E-state index in [9.17, 15) is 33.6 Å². The summed E-state index contributed by atoms with van der Waals surface area (Å²) in [6.07, 6.45) is -46.3. The van der Waals surface area contributed by atoms with E-state index in [1.807, 2.05) is 0 Å². The van der Waals surface area contributed by atoms with E-state index in [1.165, 1.54) is 0 Å². The van der Waals surface area contributed by atoms with Crippen LogP contribution in [0.3, 0.4) is 0 Å².